The van der Waals surface area contributed by atoms with Gasteiger partial charge in [0.1, 0.15) is 0 Å². The van der Waals surface area contributed by atoms with Gasteiger partial charge in [-0.05, 0) is 58.2 Å². The molecule has 0 saturated carbocycles. The van der Waals surface area contributed by atoms with Crippen molar-refractivity contribution in [1.82, 2.24) is 0 Å². The lowest BCUT2D eigenvalue weighted by molar-refractivity contribution is 0.373. The third kappa shape index (κ3) is 3.41. The molecule has 0 bridgehead atoms. The highest BCUT2D eigenvalue weighted by Gasteiger charge is 2.04. The molecule has 0 radical (unpaired) electrons. The molecule has 19 heavy (non-hydrogen) atoms. The van der Waals surface area contributed by atoms with Gasteiger partial charge in [0.2, 0.25) is 0 Å². The minimum atomic E-state index is 0.156. The summed E-state index contributed by atoms with van der Waals surface area (Å²) in [6.45, 7) is 2.72. The molecule has 0 unspecified atom stereocenters. The lowest BCUT2D eigenvalue weighted by Gasteiger charge is -2.11. The second-order valence-corrected chi connectivity index (χ2v) is 5.20. The van der Waals surface area contributed by atoms with Crippen molar-refractivity contribution in [2.45, 2.75) is 13.5 Å². The molecule has 0 aliphatic rings. The Morgan fingerprint density at radius 2 is 2.00 bits per heavy atom. The van der Waals surface area contributed by atoms with E-state index in [-0.39, 0.29) is 5.75 Å². The van der Waals surface area contributed by atoms with Crippen molar-refractivity contribution in [3.8, 4) is 11.5 Å². The maximum Gasteiger partial charge on any atom is 0.160 e. The Balaban J connectivity index is 2.12. The summed E-state index contributed by atoms with van der Waals surface area (Å²) in [5.74, 6) is 0.644. The van der Waals surface area contributed by atoms with Gasteiger partial charge in [-0.25, -0.2) is 0 Å². The van der Waals surface area contributed by atoms with Crippen molar-refractivity contribution in [1.29, 1.82) is 0 Å². The summed E-state index contributed by atoms with van der Waals surface area (Å²) in [6.07, 6.45) is 0. The number of rotatable bonds is 4. The summed E-state index contributed by atoms with van der Waals surface area (Å²) in [5, 5.41) is 12.9. The summed E-state index contributed by atoms with van der Waals surface area (Å²) in [7, 11) is 1.55. The van der Waals surface area contributed by atoms with Gasteiger partial charge >= 0.3 is 0 Å². The third-order valence-electron chi connectivity index (χ3n) is 2.85. The van der Waals surface area contributed by atoms with E-state index in [0.29, 0.717) is 12.3 Å². The van der Waals surface area contributed by atoms with Crippen LogP contribution in [0.4, 0.5) is 5.69 Å². The topological polar surface area (TPSA) is 41.5 Å². The van der Waals surface area contributed by atoms with Gasteiger partial charge in [0.25, 0.3) is 0 Å². The van der Waals surface area contributed by atoms with Crippen molar-refractivity contribution in [2.24, 2.45) is 0 Å². The fourth-order valence-corrected chi connectivity index (χ4v) is 2.19. The van der Waals surface area contributed by atoms with E-state index in [4.69, 9.17) is 4.74 Å². The maximum absolute atomic E-state index is 9.55. The van der Waals surface area contributed by atoms with Crippen LogP contribution in [0.25, 0.3) is 0 Å². The van der Waals surface area contributed by atoms with Gasteiger partial charge in [0.15, 0.2) is 11.5 Å². The van der Waals surface area contributed by atoms with Crippen LogP contribution < -0.4 is 10.1 Å². The maximum atomic E-state index is 9.55. The molecule has 0 heterocycles. The molecule has 0 amide bonds. The van der Waals surface area contributed by atoms with E-state index < -0.39 is 0 Å². The molecule has 0 atom stereocenters. The molecule has 0 spiro atoms. The van der Waals surface area contributed by atoms with Crippen molar-refractivity contribution >= 4 is 21.6 Å². The number of hydrogen-bond acceptors (Lipinski definition) is 3. The molecule has 2 rings (SSSR count). The molecule has 100 valence electrons. The molecule has 2 N–H and O–H groups in total. The summed E-state index contributed by atoms with van der Waals surface area (Å²) in [6, 6.07) is 11.5. The first-order chi connectivity index (χ1) is 9.10. The Bertz CT molecular complexity index is 584. The first-order valence-corrected chi connectivity index (χ1v) is 6.75. The number of ether oxygens (including phenoxy) is 1. The van der Waals surface area contributed by atoms with Gasteiger partial charge in [-0.2, -0.15) is 0 Å². The Labute approximate surface area is 121 Å². The molecule has 3 nitrogen and oxygen atoms in total. The fourth-order valence-electron chi connectivity index (χ4n) is 1.80. The predicted octanol–water partition coefficient (Wildman–Crippen LogP) is 4.08. The molecular weight excluding hydrogens is 306 g/mol. The van der Waals surface area contributed by atoms with Gasteiger partial charge < -0.3 is 15.2 Å². The number of halogens is 1. The van der Waals surface area contributed by atoms with Gasteiger partial charge in [0, 0.05) is 16.7 Å². The Hall–Kier alpha value is -1.68. The largest absolute Gasteiger partial charge is 0.504 e. The van der Waals surface area contributed by atoms with Crippen LogP contribution in [-0.2, 0) is 6.54 Å². The first-order valence-electron chi connectivity index (χ1n) is 5.96. The second kappa shape index (κ2) is 5.97. The van der Waals surface area contributed by atoms with Crippen LogP contribution in [0.3, 0.4) is 0 Å². The summed E-state index contributed by atoms with van der Waals surface area (Å²) in [4.78, 5) is 0. The van der Waals surface area contributed by atoms with Gasteiger partial charge in [-0.3, -0.25) is 0 Å². The summed E-state index contributed by atoms with van der Waals surface area (Å²) in [5.41, 5.74) is 3.30. The Morgan fingerprint density at radius 1 is 1.21 bits per heavy atom. The van der Waals surface area contributed by atoms with Crippen molar-refractivity contribution in [2.75, 3.05) is 12.4 Å². The van der Waals surface area contributed by atoms with Crippen LogP contribution >= 0.6 is 15.9 Å². The van der Waals surface area contributed by atoms with E-state index in [9.17, 15) is 5.11 Å². The highest BCUT2D eigenvalue weighted by atomic mass is 79.9. The molecular formula is C15H16BrNO2. The lowest BCUT2D eigenvalue weighted by atomic mass is 10.2. The number of anilines is 1. The molecule has 0 aliphatic carbocycles. The monoisotopic (exact) mass is 321 g/mol. The van der Waals surface area contributed by atoms with Crippen LogP contribution in [0, 0.1) is 6.92 Å². The van der Waals surface area contributed by atoms with Crippen LogP contribution in [-0.4, -0.2) is 12.2 Å². The van der Waals surface area contributed by atoms with Gasteiger partial charge in [-0.1, -0.05) is 12.1 Å². The zero-order valence-corrected chi connectivity index (χ0v) is 12.5. The minimum absolute atomic E-state index is 0.156. The quantitative estimate of drug-likeness (QED) is 0.891. The standard InChI is InChI=1S/C15H16BrNO2/c1-10-3-5-12(16)13(7-10)17-9-11-4-6-14(18)15(8-11)19-2/h3-8,17-18H,9H2,1-2H3. The Kier molecular flexibility index (Phi) is 4.32. The van der Waals surface area contributed by atoms with Crippen LogP contribution in [0.1, 0.15) is 11.1 Å². The van der Waals surface area contributed by atoms with Crippen molar-refractivity contribution in [3.63, 3.8) is 0 Å². The lowest BCUT2D eigenvalue weighted by Crippen LogP contribution is -2.00. The third-order valence-corrected chi connectivity index (χ3v) is 3.54. The number of aromatic hydroxyl groups is 1. The smallest absolute Gasteiger partial charge is 0.160 e. The number of methoxy groups -OCH3 is 1. The molecule has 4 heteroatoms. The van der Waals surface area contributed by atoms with E-state index in [1.165, 1.54) is 5.56 Å². The van der Waals surface area contributed by atoms with E-state index in [1.807, 2.05) is 18.2 Å². The van der Waals surface area contributed by atoms with Crippen LogP contribution in [0.5, 0.6) is 11.5 Å². The number of aryl methyl sites for hydroxylation is 1. The second-order valence-electron chi connectivity index (χ2n) is 4.34. The highest BCUT2D eigenvalue weighted by Crippen LogP contribution is 2.28. The number of phenols is 1. The zero-order chi connectivity index (χ0) is 13.8. The van der Waals surface area contributed by atoms with E-state index in [1.54, 1.807) is 13.2 Å². The van der Waals surface area contributed by atoms with Crippen molar-refractivity contribution < 1.29 is 9.84 Å². The average Bonchev–Trinajstić information content (AvgIpc) is 2.41. The summed E-state index contributed by atoms with van der Waals surface area (Å²) >= 11 is 3.52. The first kappa shape index (κ1) is 13.7. The Morgan fingerprint density at radius 3 is 2.74 bits per heavy atom. The summed E-state index contributed by atoms with van der Waals surface area (Å²) < 4.78 is 6.12. The fraction of sp³-hybridized carbons (Fsp3) is 0.200. The number of hydrogen-bond donors (Lipinski definition) is 2. The van der Waals surface area contributed by atoms with Crippen LogP contribution in [0.15, 0.2) is 40.9 Å². The number of nitrogens with one attached hydrogen (secondary N) is 1. The predicted molar refractivity (Wildman–Crippen MR) is 80.9 cm³/mol. The molecule has 0 fully saturated rings. The van der Waals surface area contributed by atoms with Gasteiger partial charge in [0.05, 0.1) is 7.11 Å². The number of benzene rings is 2. The number of phenolic OH excluding ortho intramolecular Hbond substituents is 1. The van der Waals surface area contributed by atoms with E-state index >= 15 is 0 Å². The highest BCUT2D eigenvalue weighted by molar-refractivity contribution is 9.10. The molecule has 2 aromatic rings. The average molecular weight is 322 g/mol. The molecule has 0 aliphatic heterocycles. The van der Waals surface area contributed by atoms with E-state index in [0.717, 1.165) is 15.7 Å². The minimum Gasteiger partial charge on any atom is -0.504 e. The molecule has 0 aromatic heterocycles. The van der Waals surface area contributed by atoms with Crippen molar-refractivity contribution in [3.05, 3.63) is 52.0 Å². The molecule has 0 saturated heterocycles. The normalized spacial score (nSPS) is 10.3. The van der Waals surface area contributed by atoms with Gasteiger partial charge in [-0.15, -0.1) is 0 Å². The SMILES string of the molecule is COc1cc(CNc2cc(C)ccc2Br)ccc1O. The molecule has 2 aromatic carbocycles. The zero-order valence-electron chi connectivity index (χ0n) is 10.9. The van der Waals surface area contributed by atoms with E-state index in [2.05, 4.69) is 40.3 Å². The van der Waals surface area contributed by atoms with Crippen LogP contribution in [0.2, 0.25) is 0 Å².